The molecule has 0 radical (unpaired) electrons. The van der Waals surface area contributed by atoms with Crippen molar-refractivity contribution in [2.45, 2.75) is 37.8 Å². The van der Waals surface area contributed by atoms with Crippen LogP contribution < -0.4 is 5.32 Å². The van der Waals surface area contributed by atoms with E-state index < -0.39 is 9.28 Å². The minimum absolute atomic E-state index is 0.845. The number of rotatable bonds is 8. The smallest absolute Gasteiger partial charge is 0.320 e. The largest absolute Gasteiger partial charge is 0.400 e. The Labute approximate surface area is 82.7 Å². The molecule has 0 heterocycles. The van der Waals surface area contributed by atoms with Crippen LogP contribution in [0.15, 0.2) is 0 Å². The van der Waals surface area contributed by atoms with E-state index in [-0.39, 0.29) is 0 Å². The lowest BCUT2D eigenvalue weighted by molar-refractivity contribution is 0.276. The van der Waals surface area contributed by atoms with Crippen molar-refractivity contribution in [1.29, 1.82) is 0 Å². The second-order valence-corrected chi connectivity index (χ2v) is 6.00. The van der Waals surface area contributed by atoms with Crippen molar-refractivity contribution in [2.75, 3.05) is 20.8 Å². The summed E-state index contributed by atoms with van der Waals surface area (Å²) in [5.41, 5.74) is 0. The van der Waals surface area contributed by atoms with E-state index in [1.807, 2.05) is 0 Å². The summed E-state index contributed by atoms with van der Waals surface area (Å²) < 4.78 is 10.5. The lowest BCUT2D eigenvalue weighted by Gasteiger charge is -2.10. The summed E-state index contributed by atoms with van der Waals surface area (Å²) in [6.45, 7) is 1.17. The molecule has 1 aliphatic carbocycles. The summed E-state index contributed by atoms with van der Waals surface area (Å²) in [5.74, 6) is 0. The fourth-order valence-electron chi connectivity index (χ4n) is 1.36. The molecule has 3 nitrogen and oxygen atoms in total. The van der Waals surface area contributed by atoms with Gasteiger partial charge in [-0.3, -0.25) is 0 Å². The van der Waals surface area contributed by atoms with Gasteiger partial charge in [-0.1, -0.05) is 6.42 Å². The summed E-state index contributed by atoms with van der Waals surface area (Å²) in [6, 6.07) is 1.98. The molecule has 13 heavy (non-hydrogen) atoms. The second-order valence-electron chi connectivity index (χ2n) is 3.63. The zero-order chi connectivity index (χ0) is 9.52. The third kappa shape index (κ3) is 5.41. The van der Waals surface area contributed by atoms with Gasteiger partial charge in [0.25, 0.3) is 0 Å². The van der Waals surface area contributed by atoms with Gasteiger partial charge in [0.15, 0.2) is 0 Å². The Kier molecular flexibility index (Phi) is 5.62. The van der Waals surface area contributed by atoms with Crippen molar-refractivity contribution in [2.24, 2.45) is 0 Å². The lowest BCUT2D eigenvalue weighted by Crippen LogP contribution is -2.20. The Balaban J connectivity index is 1.81. The normalized spacial score (nSPS) is 16.8. The third-order valence-corrected chi connectivity index (χ3v) is 4.33. The van der Waals surface area contributed by atoms with Gasteiger partial charge in [0, 0.05) is 20.3 Å². The van der Waals surface area contributed by atoms with E-state index in [4.69, 9.17) is 8.85 Å². The van der Waals surface area contributed by atoms with Gasteiger partial charge < -0.3 is 14.2 Å². The molecule has 4 heteroatoms. The van der Waals surface area contributed by atoms with Gasteiger partial charge in [0.05, 0.1) is 0 Å². The highest BCUT2D eigenvalue weighted by Gasteiger charge is 2.19. The number of hydrogen-bond donors (Lipinski definition) is 1. The van der Waals surface area contributed by atoms with Gasteiger partial charge in [0.1, 0.15) is 0 Å². The van der Waals surface area contributed by atoms with Crippen molar-refractivity contribution in [3.63, 3.8) is 0 Å². The molecule has 1 aliphatic rings. The molecule has 0 spiro atoms. The van der Waals surface area contributed by atoms with Crippen LogP contribution in [0.1, 0.15) is 25.7 Å². The van der Waals surface area contributed by atoms with E-state index in [1.54, 1.807) is 14.2 Å². The molecule has 0 aromatic rings. The number of unbranched alkanes of at least 4 members (excludes halogenated alkanes) is 1. The zero-order valence-corrected chi connectivity index (χ0v) is 9.87. The van der Waals surface area contributed by atoms with Crippen LogP contribution in [0.3, 0.4) is 0 Å². The predicted octanol–water partition coefficient (Wildman–Crippen LogP) is 1.03. The Bertz CT molecular complexity index is 127. The van der Waals surface area contributed by atoms with E-state index in [1.165, 1.54) is 32.2 Å². The average Bonchev–Trinajstić information content (AvgIpc) is 2.95. The number of nitrogens with one attached hydrogen (secondary N) is 1. The molecule has 0 atom stereocenters. The molecule has 0 saturated heterocycles. The molecular weight excluding hydrogens is 182 g/mol. The molecule has 1 N–H and O–H groups in total. The summed E-state index contributed by atoms with van der Waals surface area (Å²) >= 11 is 0. The molecule has 0 aliphatic heterocycles. The molecular formula is C9H21NO2Si. The number of hydrogen-bond acceptors (Lipinski definition) is 3. The van der Waals surface area contributed by atoms with E-state index >= 15 is 0 Å². The minimum Gasteiger partial charge on any atom is -0.400 e. The summed E-state index contributed by atoms with van der Waals surface area (Å²) in [6.07, 6.45) is 5.26. The molecule has 0 unspecified atom stereocenters. The zero-order valence-electron chi connectivity index (χ0n) is 8.71. The monoisotopic (exact) mass is 203 g/mol. The van der Waals surface area contributed by atoms with Gasteiger partial charge in [-0.25, -0.2) is 0 Å². The van der Waals surface area contributed by atoms with Crippen molar-refractivity contribution < 1.29 is 8.85 Å². The predicted molar refractivity (Wildman–Crippen MR) is 56.2 cm³/mol. The maximum atomic E-state index is 5.24. The van der Waals surface area contributed by atoms with Crippen LogP contribution in [-0.2, 0) is 8.85 Å². The first-order chi connectivity index (χ1) is 6.36. The topological polar surface area (TPSA) is 30.5 Å². The van der Waals surface area contributed by atoms with E-state index in [0.717, 1.165) is 12.1 Å². The van der Waals surface area contributed by atoms with Gasteiger partial charge in [-0.05, 0) is 31.9 Å². The molecule has 1 saturated carbocycles. The molecule has 0 amide bonds. The van der Waals surface area contributed by atoms with E-state index in [9.17, 15) is 0 Å². The van der Waals surface area contributed by atoms with Crippen LogP contribution >= 0.6 is 0 Å². The Morgan fingerprint density at radius 1 is 1.23 bits per heavy atom. The van der Waals surface area contributed by atoms with Crippen LogP contribution in [0.25, 0.3) is 0 Å². The third-order valence-electron chi connectivity index (χ3n) is 2.40. The SMILES string of the molecule is CO[SiH](CCCCNC1CC1)OC. The highest BCUT2D eigenvalue weighted by molar-refractivity contribution is 6.44. The first-order valence-corrected chi connectivity index (χ1v) is 6.91. The molecule has 1 rings (SSSR count). The van der Waals surface area contributed by atoms with Crippen molar-refractivity contribution in [3.05, 3.63) is 0 Å². The van der Waals surface area contributed by atoms with Crippen molar-refractivity contribution in [1.82, 2.24) is 5.32 Å². The van der Waals surface area contributed by atoms with Crippen LogP contribution in [0.5, 0.6) is 0 Å². The highest BCUT2D eigenvalue weighted by Crippen LogP contribution is 2.18. The summed E-state index contributed by atoms with van der Waals surface area (Å²) in [5, 5.41) is 3.50. The van der Waals surface area contributed by atoms with Gasteiger partial charge in [-0.15, -0.1) is 0 Å². The maximum Gasteiger partial charge on any atom is 0.320 e. The summed E-state index contributed by atoms with van der Waals surface area (Å²) in [4.78, 5) is 0. The summed E-state index contributed by atoms with van der Waals surface area (Å²) in [7, 11) is 2.23. The molecule has 0 bridgehead atoms. The van der Waals surface area contributed by atoms with E-state index in [2.05, 4.69) is 5.32 Å². The molecule has 1 fully saturated rings. The van der Waals surface area contributed by atoms with Gasteiger partial charge in [-0.2, -0.15) is 0 Å². The maximum absolute atomic E-state index is 5.24. The van der Waals surface area contributed by atoms with Crippen LogP contribution in [0.4, 0.5) is 0 Å². The standard InChI is InChI=1S/C9H21NO2Si/c1-11-13(12-2)8-4-3-7-10-9-5-6-9/h9-10,13H,3-8H2,1-2H3. The lowest BCUT2D eigenvalue weighted by atomic mass is 10.3. The quantitative estimate of drug-likeness (QED) is 0.472. The average molecular weight is 203 g/mol. The molecule has 0 aromatic carbocycles. The van der Waals surface area contributed by atoms with Gasteiger partial charge >= 0.3 is 9.28 Å². The first-order valence-electron chi connectivity index (χ1n) is 5.15. The first kappa shape index (κ1) is 11.2. The Morgan fingerprint density at radius 2 is 1.92 bits per heavy atom. The van der Waals surface area contributed by atoms with Crippen LogP contribution in [0, 0.1) is 0 Å². The Hall–Kier alpha value is 0.0969. The second kappa shape index (κ2) is 6.54. The van der Waals surface area contributed by atoms with Crippen LogP contribution in [0.2, 0.25) is 6.04 Å². The molecule has 0 aromatic heterocycles. The van der Waals surface area contributed by atoms with E-state index in [0.29, 0.717) is 0 Å². The molecule has 78 valence electrons. The van der Waals surface area contributed by atoms with Crippen molar-refractivity contribution in [3.8, 4) is 0 Å². The minimum atomic E-state index is -1.27. The Morgan fingerprint density at radius 3 is 2.46 bits per heavy atom. The van der Waals surface area contributed by atoms with Gasteiger partial charge in [0.2, 0.25) is 0 Å². The van der Waals surface area contributed by atoms with Crippen molar-refractivity contribution >= 4 is 9.28 Å². The highest BCUT2D eigenvalue weighted by atomic mass is 28.3. The fourth-order valence-corrected chi connectivity index (χ4v) is 2.65. The fraction of sp³-hybridized carbons (Fsp3) is 1.00. The van der Waals surface area contributed by atoms with Crippen LogP contribution in [-0.4, -0.2) is 36.1 Å².